The molecule has 0 spiro atoms. The predicted molar refractivity (Wildman–Crippen MR) is 107 cm³/mol. The van der Waals surface area contributed by atoms with Gasteiger partial charge in [-0.3, -0.25) is 19.4 Å². The second kappa shape index (κ2) is 8.31. The van der Waals surface area contributed by atoms with E-state index in [9.17, 15) is 4.79 Å². The Morgan fingerprint density at radius 1 is 1.25 bits per heavy atom. The zero-order chi connectivity index (χ0) is 19.3. The number of amides is 1. The lowest BCUT2D eigenvalue weighted by molar-refractivity contribution is 0.102. The first-order valence-corrected chi connectivity index (χ1v) is 9.59. The number of benzene rings is 1. The van der Waals surface area contributed by atoms with Gasteiger partial charge in [-0.25, -0.2) is 0 Å². The van der Waals surface area contributed by atoms with Crippen LogP contribution in [0.5, 0.6) is 0 Å². The minimum atomic E-state index is -0.176. The molecule has 3 aromatic rings. The molecule has 1 saturated heterocycles. The molecule has 3 heterocycles. The molecular formula is C21H24N6O. The molecular weight excluding hydrogens is 352 g/mol. The Hall–Kier alpha value is -3.06. The number of hydrogen-bond acceptors (Lipinski definition) is 5. The molecule has 28 heavy (non-hydrogen) atoms. The Kier molecular flexibility index (Phi) is 5.43. The third kappa shape index (κ3) is 4.26. The molecule has 1 N–H and O–H groups in total. The van der Waals surface area contributed by atoms with E-state index in [0.717, 1.165) is 25.1 Å². The normalized spacial score (nSPS) is 17.4. The average Bonchev–Trinajstić information content (AvgIpc) is 3.14. The Balaban J connectivity index is 1.48. The van der Waals surface area contributed by atoms with E-state index in [1.54, 1.807) is 17.9 Å². The van der Waals surface area contributed by atoms with Crippen LogP contribution in [0.2, 0.25) is 0 Å². The van der Waals surface area contributed by atoms with Crippen LogP contribution in [0.3, 0.4) is 0 Å². The first kappa shape index (κ1) is 18.3. The second-order valence-electron chi connectivity index (χ2n) is 7.20. The van der Waals surface area contributed by atoms with Crippen LogP contribution in [-0.4, -0.2) is 37.3 Å². The van der Waals surface area contributed by atoms with E-state index in [2.05, 4.69) is 37.6 Å². The Labute approximate surface area is 164 Å². The van der Waals surface area contributed by atoms with Gasteiger partial charge in [0.1, 0.15) is 0 Å². The van der Waals surface area contributed by atoms with E-state index in [1.807, 2.05) is 36.7 Å². The van der Waals surface area contributed by atoms with Crippen molar-refractivity contribution < 1.29 is 4.79 Å². The van der Waals surface area contributed by atoms with Gasteiger partial charge in [0.2, 0.25) is 0 Å². The number of carbonyl (C=O) groups excluding carboxylic acids is 1. The van der Waals surface area contributed by atoms with Gasteiger partial charge in [-0.05, 0) is 48.7 Å². The molecule has 144 valence electrons. The summed E-state index contributed by atoms with van der Waals surface area (Å²) in [5.41, 5.74) is 3.01. The SMILES string of the molecule is Cn1cc(NC(=O)c2cccc(CN3CCCC[C@H]3c3cccnc3)c2)nn1. The first-order chi connectivity index (χ1) is 13.7. The lowest BCUT2D eigenvalue weighted by Crippen LogP contribution is -2.33. The number of rotatable bonds is 5. The maximum absolute atomic E-state index is 12.5. The molecule has 1 aliphatic heterocycles. The highest BCUT2D eigenvalue weighted by Gasteiger charge is 2.24. The van der Waals surface area contributed by atoms with Gasteiger partial charge in [0.25, 0.3) is 5.91 Å². The Morgan fingerprint density at radius 3 is 2.96 bits per heavy atom. The van der Waals surface area contributed by atoms with Crippen LogP contribution in [0, 0.1) is 0 Å². The van der Waals surface area contributed by atoms with Crippen molar-refractivity contribution in [2.24, 2.45) is 7.05 Å². The summed E-state index contributed by atoms with van der Waals surface area (Å²) in [5.74, 6) is 0.273. The van der Waals surface area contributed by atoms with Crippen molar-refractivity contribution in [3.05, 3.63) is 71.7 Å². The van der Waals surface area contributed by atoms with Gasteiger partial charge < -0.3 is 5.32 Å². The van der Waals surface area contributed by atoms with Crippen LogP contribution >= 0.6 is 0 Å². The first-order valence-electron chi connectivity index (χ1n) is 9.59. The van der Waals surface area contributed by atoms with Crippen LogP contribution < -0.4 is 5.32 Å². The molecule has 2 aromatic heterocycles. The summed E-state index contributed by atoms with van der Waals surface area (Å²) in [5, 5.41) is 10.5. The number of likely N-dealkylation sites (tertiary alicyclic amines) is 1. The van der Waals surface area contributed by atoms with Gasteiger partial charge in [-0.1, -0.05) is 29.8 Å². The molecule has 1 aromatic carbocycles. The van der Waals surface area contributed by atoms with Gasteiger partial charge in [0, 0.05) is 37.6 Å². The van der Waals surface area contributed by atoms with E-state index < -0.39 is 0 Å². The summed E-state index contributed by atoms with van der Waals surface area (Å²) in [4.78, 5) is 19.3. The van der Waals surface area contributed by atoms with E-state index in [0.29, 0.717) is 17.4 Å². The fraction of sp³-hybridized carbons (Fsp3) is 0.333. The number of pyridine rings is 1. The fourth-order valence-electron chi connectivity index (χ4n) is 3.77. The van der Waals surface area contributed by atoms with E-state index in [4.69, 9.17) is 0 Å². The number of hydrogen-bond donors (Lipinski definition) is 1. The maximum atomic E-state index is 12.5. The van der Waals surface area contributed by atoms with E-state index >= 15 is 0 Å². The van der Waals surface area contributed by atoms with Gasteiger partial charge in [0.05, 0.1) is 6.20 Å². The summed E-state index contributed by atoms with van der Waals surface area (Å²) >= 11 is 0. The summed E-state index contributed by atoms with van der Waals surface area (Å²) in [7, 11) is 1.76. The van der Waals surface area contributed by atoms with Crippen molar-refractivity contribution in [2.45, 2.75) is 31.8 Å². The van der Waals surface area contributed by atoms with Gasteiger partial charge in [-0.2, -0.15) is 0 Å². The number of piperidine rings is 1. The van der Waals surface area contributed by atoms with Crippen LogP contribution in [0.4, 0.5) is 5.82 Å². The quantitative estimate of drug-likeness (QED) is 0.740. The number of aromatic nitrogens is 4. The Morgan fingerprint density at radius 2 is 2.18 bits per heavy atom. The van der Waals surface area contributed by atoms with E-state index in [1.165, 1.54) is 18.4 Å². The number of carbonyl (C=O) groups is 1. The van der Waals surface area contributed by atoms with Crippen molar-refractivity contribution in [2.75, 3.05) is 11.9 Å². The zero-order valence-corrected chi connectivity index (χ0v) is 16.0. The lowest BCUT2D eigenvalue weighted by atomic mass is 9.95. The minimum absolute atomic E-state index is 0.176. The summed E-state index contributed by atoms with van der Waals surface area (Å²) < 4.78 is 1.56. The third-order valence-corrected chi connectivity index (χ3v) is 5.10. The maximum Gasteiger partial charge on any atom is 0.256 e. The highest BCUT2D eigenvalue weighted by Crippen LogP contribution is 2.31. The standard InChI is InChI=1S/C21H24N6O/c1-26-15-20(24-25-26)23-21(28)17-7-4-6-16(12-17)14-27-11-3-2-9-19(27)18-8-5-10-22-13-18/h4-8,10,12-13,15,19H,2-3,9,11,14H2,1H3,(H,23,28)/t19-/m0/s1. The summed E-state index contributed by atoms with van der Waals surface area (Å²) in [6.45, 7) is 1.86. The van der Waals surface area contributed by atoms with Gasteiger partial charge in [-0.15, -0.1) is 5.10 Å². The smallest absolute Gasteiger partial charge is 0.256 e. The molecule has 0 radical (unpaired) electrons. The van der Waals surface area contributed by atoms with Crippen LogP contribution in [0.1, 0.15) is 46.8 Å². The molecule has 1 aliphatic rings. The van der Waals surface area contributed by atoms with Crippen LogP contribution in [-0.2, 0) is 13.6 Å². The molecule has 1 fully saturated rings. The average molecular weight is 376 g/mol. The monoisotopic (exact) mass is 376 g/mol. The van der Waals surface area contributed by atoms with Crippen LogP contribution in [0.25, 0.3) is 0 Å². The van der Waals surface area contributed by atoms with E-state index in [-0.39, 0.29) is 5.91 Å². The third-order valence-electron chi connectivity index (χ3n) is 5.10. The minimum Gasteiger partial charge on any atom is -0.304 e. The van der Waals surface area contributed by atoms with Gasteiger partial charge in [0.15, 0.2) is 5.82 Å². The fourth-order valence-corrected chi connectivity index (χ4v) is 3.77. The molecule has 7 heteroatoms. The molecule has 0 saturated carbocycles. The second-order valence-corrected chi connectivity index (χ2v) is 7.20. The van der Waals surface area contributed by atoms with Crippen molar-refractivity contribution in [3.63, 3.8) is 0 Å². The molecule has 4 rings (SSSR count). The highest BCUT2D eigenvalue weighted by atomic mass is 16.1. The van der Waals surface area contributed by atoms with Crippen LogP contribution in [0.15, 0.2) is 55.0 Å². The van der Waals surface area contributed by atoms with Crippen molar-refractivity contribution in [1.29, 1.82) is 0 Å². The topological polar surface area (TPSA) is 75.9 Å². The highest BCUT2D eigenvalue weighted by molar-refractivity contribution is 6.03. The number of nitrogens with zero attached hydrogens (tertiary/aromatic N) is 5. The lowest BCUT2D eigenvalue weighted by Gasteiger charge is -2.36. The molecule has 0 unspecified atom stereocenters. The summed E-state index contributed by atoms with van der Waals surface area (Å²) in [6, 6.07) is 12.3. The van der Waals surface area contributed by atoms with Gasteiger partial charge >= 0.3 is 0 Å². The molecule has 1 amide bonds. The molecule has 0 bridgehead atoms. The largest absolute Gasteiger partial charge is 0.304 e. The Bertz CT molecular complexity index is 939. The van der Waals surface area contributed by atoms with Crippen molar-refractivity contribution in [1.82, 2.24) is 24.9 Å². The number of nitrogens with one attached hydrogen (secondary N) is 1. The zero-order valence-electron chi connectivity index (χ0n) is 16.0. The molecule has 7 nitrogen and oxygen atoms in total. The molecule has 1 atom stereocenters. The predicted octanol–water partition coefficient (Wildman–Crippen LogP) is 3.19. The number of aryl methyl sites for hydroxylation is 1. The number of anilines is 1. The van der Waals surface area contributed by atoms with Crippen molar-refractivity contribution in [3.8, 4) is 0 Å². The molecule has 0 aliphatic carbocycles. The van der Waals surface area contributed by atoms with Crippen molar-refractivity contribution >= 4 is 11.7 Å². The summed E-state index contributed by atoms with van der Waals surface area (Å²) in [6.07, 6.45) is 9.02.